The Labute approximate surface area is 99.0 Å². The molecule has 1 saturated heterocycles. The van der Waals surface area contributed by atoms with Crippen molar-refractivity contribution in [2.24, 2.45) is 0 Å². The second kappa shape index (κ2) is 3.75. The molecule has 86 valence electrons. The molecule has 3 rings (SSSR count). The van der Waals surface area contributed by atoms with E-state index in [1.54, 1.807) is 12.1 Å². The predicted molar refractivity (Wildman–Crippen MR) is 63.8 cm³/mol. The normalized spacial score (nSPS) is 22.2. The molecule has 1 aromatic carbocycles. The number of nitriles is 1. The van der Waals surface area contributed by atoms with Crippen molar-refractivity contribution in [2.75, 3.05) is 29.9 Å². The van der Waals surface area contributed by atoms with Crippen LogP contribution in [0, 0.1) is 11.3 Å². The molecule has 5 heteroatoms. The zero-order chi connectivity index (χ0) is 11.8. The summed E-state index contributed by atoms with van der Waals surface area (Å²) in [7, 11) is 0. The molecule has 5 nitrogen and oxygen atoms in total. The summed E-state index contributed by atoms with van der Waals surface area (Å²) in [6.45, 7) is 2.31. The Hall–Kier alpha value is -2.06. The fourth-order valence-corrected chi connectivity index (χ4v) is 2.39. The molecular formula is C12H12N4O. The zero-order valence-electron chi connectivity index (χ0n) is 9.23. The monoisotopic (exact) mass is 228 g/mol. The Balaban J connectivity index is 2.08. The summed E-state index contributed by atoms with van der Waals surface area (Å²) in [6, 6.07) is 7.33. The van der Waals surface area contributed by atoms with E-state index in [4.69, 9.17) is 5.26 Å². The number of nitrogens with zero attached hydrogens (tertiary/aromatic N) is 2. The van der Waals surface area contributed by atoms with Crippen LogP contribution in [0.3, 0.4) is 0 Å². The number of hydrogen-bond acceptors (Lipinski definition) is 4. The van der Waals surface area contributed by atoms with Gasteiger partial charge in [-0.1, -0.05) is 0 Å². The van der Waals surface area contributed by atoms with Crippen molar-refractivity contribution >= 4 is 17.3 Å². The van der Waals surface area contributed by atoms with Crippen LogP contribution in [0.15, 0.2) is 18.2 Å². The number of carbonyl (C=O) groups is 1. The van der Waals surface area contributed by atoms with Crippen LogP contribution in [-0.4, -0.2) is 31.6 Å². The molecular weight excluding hydrogens is 216 g/mol. The number of hydrogen-bond donors (Lipinski definition) is 2. The topological polar surface area (TPSA) is 68.2 Å². The first-order valence-electron chi connectivity index (χ1n) is 5.62. The third-order valence-electron chi connectivity index (χ3n) is 3.24. The van der Waals surface area contributed by atoms with Gasteiger partial charge in [-0.05, 0) is 18.2 Å². The van der Waals surface area contributed by atoms with Crippen LogP contribution < -0.4 is 15.5 Å². The number of rotatable bonds is 0. The second-order valence-electron chi connectivity index (χ2n) is 4.25. The molecule has 0 radical (unpaired) electrons. The van der Waals surface area contributed by atoms with Crippen LogP contribution in [0.1, 0.15) is 5.56 Å². The average Bonchev–Trinajstić information content (AvgIpc) is 2.39. The maximum absolute atomic E-state index is 11.9. The molecule has 0 saturated carbocycles. The van der Waals surface area contributed by atoms with E-state index in [9.17, 15) is 4.79 Å². The number of nitrogens with one attached hydrogen (secondary N) is 2. The molecule has 0 aliphatic carbocycles. The minimum absolute atomic E-state index is 0.0226. The summed E-state index contributed by atoms with van der Waals surface area (Å²) in [6.07, 6.45) is 0. The number of piperazine rings is 1. The molecule has 0 bridgehead atoms. The smallest absolute Gasteiger partial charge is 0.248 e. The lowest BCUT2D eigenvalue weighted by atomic mass is 10.0. The fourth-order valence-electron chi connectivity index (χ4n) is 2.39. The van der Waals surface area contributed by atoms with Gasteiger partial charge in [0.1, 0.15) is 6.04 Å². The van der Waals surface area contributed by atoms with E-state index in [0.29, 0.717) is 12.1 Å². The number of benzene rings is 1. The minimum atomic E-state index is -0.162. The van der Waals surface area contributed by atoms with Crippen LogP contribution in [0.5, 0.6) is 0 Å². The molecule has 1 atom stereocenters. The molecule has 2 aliphatic rings. The molecule has 2 heterocycles. The second-order valence-corrected chi connectivity index (χ2v) is 4.25. The third-order valence-corrected chi connectivity index (χ3v) is 3.24. The Morgan fingerprint density at radius 3 is 3.18 bits per heavy atom. The van der Waals surface area contributed by atoms with Gasteiger partial charge in [0.05, 0.1) is 23.0 Å². The van der Waals surface area contributed by atoms with Crippen LogP contribution in [-0.2, 0) is 4.79 Å². The highest BCUT2D eigenvalue weighted by atomic mass is 16.2. The maximum Gasteiger partial charge on any atom is 0.248 e. The van der Waals surface area contributed by atoms with Crippen LogP contribution in [0.2, 0.25) is 0 Å². The average molecular weight is 228 g/mol. The standard InChI is InChI=1S/C12H12N4O/c13-6-8-1-2-9-10(5-8)16-4-3-14-7-11(16)12(17)15-9/h1-2,5,11,14H,3-4,7H2,(H,15,17). The van der Waals surface area contributed by atoms with Crippen molar-refractivity contribution in [3.63, 3.8) is 0 Å². The largest absolute Gasteiger partial charge is 0.355 e. The first kappa shape index (κ1) is 10.1. The van der Waals surface area contributed by atoms with Crippen molar-refractivity contribution in [1.82, 2.24) is 5.32 Å². The van der Waals surface area contributed by atoms with Crippen molar-refractivity contribution in [2.45, 2.75) is 6.04 Å². The van der Waals surface area contributed by atoms with Gasteiger partial charge in [0, 0.05) is 19.6 Å². The van der Waals surface area contributed by atoms with E-state index in [1.165, 1.54) is 0 Å². The van der Waals surface area contributed by atoms with Crippen molar-refractivity contribution in [1.29, 1.82) is 5.26 Å². The molecule has 17 heavy (non-hydrogen) atoms. The molecule has 1 unspecified atom stereocenters. The van der Waals surface area contributed by atoms with E-state index in [2.05, 4.69) is 21.6 Å². The zero-order valence-corrected chi connectivity index (χ0v) is 9.23. The van der Waals surface area contributed by atoms with Crippen molar-refractivity contribution < 1.29 is 4.79 Å². The summed E-state index contributed by atoms with van der Waals surface area (Å²) in [5.74, 6) is 0.0226. The highest BCUT2D eigenvalue weighted by Gasteiger charge is 2.34. The Morgan fingerprint density at radius 1 is 1.47 bits per heavy atom. The molecule has 1 amide bonds. The summed E-state index contributed by atoms with van der Waals surface area (Å²) in [5, 5.41) is 15.0. The Bertz CT molecular complexity index is 520. The molecule has 0 spiro atoms. The van der Waals surface area contributed by atoms with Gasteiger partial charge in [-0.3, -0.25) is 4.79 Å². The van der Waals surface area contributed by atoms with Gasteiger partial charge in [-0.25, -0.2) is 0 Å². The van der Waals surface area contributed by atoms with Crippen molar-refractivity contribution in [3.8, 4) is 6.07 Å². The Kier molecular flexibility index (Phi) is 2.23. The third kappa shape index (κ3) is 1.54. The first-order chi connectivity index (χ1) is 8.29. The van der Waals surface area contributed by atoms with Gasteiger partial charge in [0.25, 0.3) is 0 Å². The Morgan fingerprint density at radius 2 is 2.35 bits per heavy atom. The first-order valence-corrected chi connectivity index (χ1v) is 5.62. The van der Waals surface area contributed by atoms with Gasteiger partial charge in [0.15, 0.2) is 0 Å². The van der Waals surface area contributed by atoms with Gasteiger partial charge < -0.3 is 15.5 Å². The summed E-state index contributed by atoms with van der Waals surface area (Å²) < 4.78 is 0. The minimum Gasteiger partial charge on any atom is -0.355 e. The van der Waals surface area contributed by atoms with Gasteiger partial charge >= 0.3 is 0 Å². The van der Waals surface area contributed by atoms with Gasteiger partial charge in [-0.15, -0.1) is 0 Å². The molecule has 2 aliphatic heterocycles. The number of carbonyl (C=O) groups excluding carboxylic acids is 1. The summed E-state index contributed by atoms with van der Waals surface area (Å²) in [4.78, 5) is 14.0. The lowest BCUT2D eigenvalue weighted by Gasteiger charge is -2.41. The number of amides is 1. The lowest BCUT2D eigenvalue weighted by molar-refractivity contribution is -0.117. The fraction of sp³-hybridized carbons (Fsp3) is 0.333. The van der Waals surface area contributed by atoms with E-state index in [1.807, 2.05) is 6.07 Å². The van der Waals surface area contributed by atoms with Crippen LogP contribution in [0.4, 0.5) is 11.4 Å². The van der Waals surface area contributed by atoms with E-state index >= 15 is 0 Å². The molecule has 2 N–H and O–H groups in total. The van der Waals surface area contributed by atoms with Crippen LogP contribution in [0.25, 0.3) is 0 Å². The SMILES string of the molecule is N#Cc1ccc2c(c1)N1CCNCC1C(=O)N2. The quantitative estimate of drug-likeness (QED) is 0.669. The molecule has 0 aromatic heterocycles. The lowest BCUT2D eigenvalue weighted by Crippen LogP contribution is -2.58. The van der Waals surface area contributed by atoms with Gasteiger partial charge in [-0.2, -0.15) is 5.26 Å². The predicted octanol–water partition coefficient (Wildman–Crippen LogP) is 0.289. The van der Waals surface area contributed by atoms with Crippen molar-refractivity contribution in [3.05, 3.63) is 23.8 Å². The van der Waals surface area contributed by atoms with E-state index in [0.717, 1.165) is 24.5 Å². The highest BCUT2D eigenvalue weighted by Crippen LogP contribution is 2.33. The molecule has 1 aromatic rings. The number of anilines is 2. The van der Waals surface area contributed by atoms with Gasteiger partial charge in [0.2, 0.25) is 5.91 Å². The summed E-state index contributed by atoms with van der Waals surface area (Å²) in [5.41, 5.74) is 2.37. The van der Waals surface area contributed by atoms with E-state index < -0.39 is 0 Å². The number of fused-ring (bicyclic) bond motifs is 3. The molecule has 1 fully saturated rings. The maximum atomic E-state index is 11.9. The van der Waals surface area contributed by atoms with E-state index in [-0.39, 0.29) is 11.9 Å². The highest BCUT2D eigenvalue weighted by molar-refractivity contribution is 6.04. The summed E-state index contributed by atoms with van der Waals surface area (Å²) >= 11 is 0. The van der Waals surface area contributed by atoms with Crippen LogP contribution >= 0.6 is 0 Å².